The van der Waals surface area contributed by atoms with Crippen LogP contribution in [0.1, 0.15) is 35.6 Å². The Morgan fingerprint density at radius 3 is 2.31 bits per heavy atom. The number of rotatable bonds is 4. The first-order valence-electron chi connectivity index (χ1n) is 5.70. The predicted molar refractivity (Wildman–Crippen MR) is 64.0 cm³/mol. The third-order valence-corrected chi connectivity index (χ3v) is 2.84. The van der Waals surface area contributed by atoms with Crippen molar-refractivity contribution in [3.8, 4) is 0 Å². The minimum atomic E-state index is -0.342. The first-order chi connectivity index (χ1) is 7.56. The van der Waals surface area contributed by atoms with Crippen LogP contribution in [0.15, 0.2) is 18.2 Å². The van der Waals surface area contributed by atoms with Crippen LogP contribution in [-0.4, -0.2) is 11.9 Å². The highest BCUT2D eigenvalue weighted by Crippen LogP contribution is 2.25. The monoisotopic (exact) mass is 218 g/mol. The summed E-state index contributed by atoms with van der Waals surface area (Å²) in [4.78, 5) is 11.4. The van der Waals surface area contributed by atoms with Crippen molar-refractivity contribution in [1.82, 2.24) is 5.32 Å². The van der Waals surface area contributed by atoms with E-state index in [9.17, 15) is 4.79 Å². The summed E-state index contributed by atoms with van der Waals surface area (Å²) in [5.74, 6) is -0.295. The number of amides is 1. The average Bonchev–Trinajstić information content (AvgIpc) is 2.95. The highest BCUT2D eigenvalue weighted by atomic mass is 16.1. The molecule has 1 aromatic rings. The van der Waals surface area contributed by atoms with Gasteiger partial charge in [0, 0.05) is 6.04 Å². The van der Waals surface area contributed by atoms with Crippen LogP contribution in [0.4, 0.5) is 0 Å². The van der Waals surface area contributed by atoms with Gasteiger partial charge in [0.05, 0.1) is 0 Å². The molecule has 1 saturated carbocycles. The Kier molecular flexibility index (Phi) is 2.97. The van der Waals surface area contributed by atoms with E-state index in [0.717, 1.165) is 18.4 Å². The van der Waals surface area contributed by atoms with E-state index in [1.165, 1.54) is 11.1 Å². The van der Waals surface area contributed by atoms with Crippen molar-refractivity contribution in [2.45, 2.75) is 38.8 Å². The Balaban J connectivity index is 2.25. The average molecular weight is 218 g/mol. The molecule has 1 unspecified atom stereocenters. The fourth-order valence-corrected chi connectivity index (χ4v) is 2.00. The van der Waals surface area contributed by atoms with Crippen LogP contribution in [-0.2, 0) is 4.79 Å². The van der Waals surface area contributed by atoms with Crippen molar-refractivity contribution >= 4 is 5.91 Å². The summed E-state index contributed by atoms with van der Waals surface area (Å²) in [6.07, 6.45) is 2.29. The molecule has 16 heavy (non-hydrogen) atoms. The van der Waals surface area contributed by atoms with Crippen LogP contribution in [0.3, 0.4) is 0 Å². The lowest BCUT2D eigenvalue weighted by Crippen LogP contribution is -2.35. The summed E-state index contributed by atoms with van der Waals surface area (Å²) in [7, 11) is 0. The van der Waals surface area contributed by atoms with Gasteiger partial charge in [-0.15, -0.1) is 0 Å². The highest BCUT2D eigenvalue weighted by Gasteiger charge is 2.28. The van der Waals surface area contributed by atoms with Gasteiger partial charge < -0.3 is 5.73 Å². The molecule has 1 aliphatic carbocycles. The van der Waals surface area contributed by atoms with Crippen molar-refractivity contribution in [2.24, 2.45) is 5.73 Å². The zero-order valence-electron chi connectivity index (χ0n) is 9.79. The molecule has 2 rings (SSSR count). The van der Waals surface area contributed by atoms with Crippen molar-refractivity contribution in [3.63, 3.8) is 0 Å². The maximum Gasteiger partial charge on any atom is 0.239 e. The van der Waals surface area contributed by atoms with E-state index < -0.39 is 0 Å². The molecule has 1 aromatic carbocycles. The van der Waals surface area contributed by atoms with E-state index in [4.69, 9.17) is 5.73 Å². The number of carbonyl (C=O) groups excluding carboxylic acids is 1. The Morgan fingerprint density at radius 2 is 1.88 bits per heavy atom. The lowest BCUT2D eigenvalue weighted by Gasteiger charge is -2.16. The van der Waals surface area contributed by atoms with E-state index >= 15 is 0 Å². The van der Waals surface area contributed by atoms with Gasteiger partial charge >= 0.3 is 0 Å². The fraction of sp³-hybridized carbons (Fsp3) is 0.462. The Morgan fingerprint density at radius 1 is 1.31 bits per heavy atom. The normalized spacial score (nSPS) is 17.1. The van der Waals surface area contributed by atoms with Gasteiger partial charge in [-0.2, -0.15) is 0 Å². The fourth-order valence-electron chi connectivity index (χ4n) is 2.00. The number of hydrogen-bond acceptors (Lipinski definition) is 2. The lowest BCUT2D eigenvalue weighted by atomic mass is 10.0. The standard InChI is InChI=1S/C13H18N2O/c1-8-5-9(2)7-10(6-8)12(13(14)16)15-11-3-4-11/h5-7,11-12,15H,3-4H2,1-2H3,(H2,14,16). The summed E-state index contributed by atoms with van der Waals surface area (Å²) in [6, 6.07) is 6.28. The van der Waals surface area contributed by atoms with Crippen LogP contribution < -0.4 is 11.1 Å². The summed E-state index contributed by atoms with van der Waals surface area (Å²) >= 11 is 0. The first kappa shape index (κ1) is 11.1. The van der Waals surface area contributed by atoms with Gasteiger partial charge in [-0.25, -0.2) is 0 Å². The highest BCUT2D eigenvalue weighted by molar-refractivity contribution is 5.81. The Labute approximate surface area is 96.0 Å². The summed E-state index contributed by atoms with van der Waals surface area (Å²) in [6.45, 7) is 4.07. The Hall–Kier alpha value is -1.35. The molecular weight excluding hydrogens is 200 g/mol. The van der Waals surface area contributed by atoms with Gasteiger partial charge in [0.2, 0.25) is 5.91 Å². The van der Waals surface area contributed by atoms with Crippen molar-refractivity contribution in [1.29, 1.82) is 0 Å². The van der Waals surface area contributed by atoms with Crippen LogP contribution in [0.5, 0.6) is 0 Å². The smallest absolute Gasteiger partial charge is 0.239 e. The largest absolute Gasteiger partial charge is 0.368 e. The number of aryl methyl sites for hydroxylation is 2. The second kappa shape index (κ2) is 4.26. The molecule has 0 saturated heterocycles. The van der Waals surface area contributed by atoms with E-state index in [0.29, 0.717) is 6.04 Å². The van der Waals surface area contributed by atoms with Crippen LogP contribution in [0, 0.1) is 13.8 Å². The maximum atomic E-state index is 11.4. The first-order valence-corrected chi connectivity index (χ1v) is 5.70. The molecule has 86 valence electrons. The number of hydrogen-bond donors (Lipinski definition) is 2. The van der Waals surface area contributed by atoms with Gasteiger partial charge in [-0.05, 0) is 32.3 Å². The van der Waals surface area contributed by atoms with Gasteiger partial charge in [0.25, 0.3) is 0 Å². The minimum absolute atomic E-state index is 0.295. The second-order valence-corrected chi connectivity index (χ2v) is 4.70. The zero-order chi connectivity index (χ0) is 11.7. The predicted octanol–water partition coefficient (Wildman–Crippen LogP) is 1.58. The third-order valence-electron chi connectivity index (χ3n) is 2.84. The van der Waals surface area contributed by atoms with Gasteiger partial charge in [-0.1, -0.05) is 29.3 Å². The SMILES string of the molecule is Cc1cc(C)cc(C(NC2CC2)C(N)=O)c1. The topological polar surface area (TPSA) is 55.1 Å². The number of primary amides is 1. The Bertz CT molecular complexity index is 390. The number of nitrogens with two attached hydrogens (primary N) is 1. The molecule has 3 heteroatoms. The van der Waals surface area contributed by atoms with Crippen molar-refractivity contribution < 1.29 is 4.79 Å². The van der Waals surface area contributed by atoms with E-state index in [-0.39, 0.29) is 11.9 Å². The molecular formula is C13H18N2O. The van der Waals surface area contributed by atoms with Crippen molar-refractivity contribution in [2.75, 3.05) is 0 Å². The molecule has 0 radical (unpaired) electrons. The number of benzene rings is 1. The van der Waals surface area contributed by atoms with Gasteiger partial charge in [-0.3, -0.25) is 10.1 Å². The van der Waals surface area contributed by atoms with E-state index in [1.54, 1.807) is 0 Å². The summed E-state index contributed by atoms with van der Waals surface area (Å²) < 4.78 is 0. The zero-order valence-corrected chi connectivity index (χ0v) is 9.79. The van der Waals surface area contributed by atoms with E-state index in [2.05, 4.69) is 11.4 Å². The quantitative estimate of drug-likeness (QED) is 0.806. The molecule has 0 spiro atoms. The number of carbonyl (C=O) groups is 1. The molecule has 0 bridgehead atoms. The summed E-state index contributed by atoms with van der Waals surface area (Å²) in [5, 5.41) is 3.29. The van der Waals surface area contributed by atoms with Crippen LogP contribution in [0.2, 0.25) is 0 Å². The van der Waals surface area contributed by atoms with Crippen LogP contribution in [0.25, 0.3) is 0 Å². The molecule has 1 amide bonds. The molecule has 3 N–H and O–H groups in total. The maximum absolute atomic E-state index is 11.4. The minimum Gasteiger partial charge on any atom is -0.368 e. The molecule has 0 heterocycles. The number of nitrogens with one attached hydrogen (secondary N) is 1. The third kappa shape index (κ3) is 2.61. The second-order valence-electron chi connectivity index (χ2n) is 4.70. The summed E-state index contributed by atoms with van der Waals surface area (Å²) in [5.41, 5.74) is 8.76. The lowest BCUT2D eigenvalue weighted by molar-refractivity contribution is -0.120. The molecule has 0 aromatic heterocycles. The molecule has 1 fully saturated rings. The molecule has 0 aliphatic heterocycles. The molecule has 3 nitrogen and oxygen atoms in total. The van der Waals surface area contributed by atoms with Crippen molar-refractivity contribution in [3.05, 3.63) is 34.9 Å². The van der Waals surface area contributed by atoms with Gasteiger partial charge in [0.15, 0.2) is 0 Å². The van der Waals surface area contributed by atoms with Gasteiger partial charge in [0.1, 0.15) is 6.04 Å². The molecule has 1 aliphatic rings. The molecule has 1 atom stereocenters. The van der Waals surface area contributed by atoms with Crippen LogP contribution >= 0.6 is 0 Å². The van der Waals surface area contributed by atoms with E-state index in [1.807, 2.05) is 26.0 Å².